The van der Waals surface area contributed by atoms with Crippen LogP contribution in [0.4, 0.5) is 11.4 Å². The minimum Gasteiger partial charge on any atom is -0.497 e. The molecule has 2 aromatic rings. The quantitative estimate of drug-likeness (QED) is 0.429. The zero-order valence-corrected chi connectivity index (χ0v) is 13.7. The van der Waals surface area contributed by atoms with Gasteiger partial charge in [0, 0.05) is 24.4 Å². The van der Waals surface area contributed by atoms with E-state index in [1.165, 1.54) is 12.1 Å². The third-order valence-electron chi connectivity index (χ3n) is 3.12. The second-order valence-corrected chi connectivity index (χ2v) is 5.25. The molecule has 0 radical (unpaired) electrons. The first-order chi connectivity index (χ1) is 11.5. The van der Waals surface area contributed by atoms with Gasteiger partial charge in [0.1, 0.15) is 17.2 Å². The molecule has 2 rings (SSSR count). The molecule has 0 fully saturated rings. The van der Waals surface area contributed by atoms with Crippen LogP contribution in [-0.4, -0.2) is 35.7 Å². The van der Waals surface area contributed by atoms with Gasteiger partial charge >= 0.3 is 0 Å². The fourth-order valence-electron chi connectivity index (χ4n) is 1.92. The van der Waals surface area contributed by atoms with Crippen molar-refractivity contribution in [3.63, 3.8) is 0 Å². The Balaban J connectivity index is 2.20. The largest absolute Gasteiger partial charge is 0.497 e. The summed E-state index contributed by atoms with van der Waals surface area (Å²) in [7, 11) is 1.56. The van der Waals surface area contributed by atoms with E-state index in [1.54, 1.807) is 37.4 Å². The summed E-state index contributed by atoms with van der Waals surface area (Å²) in [6.45, 7) is 0.173. The molecule has 0 heterocycles. The number of alkyl halides is 1. The van der Waals surface area contributed by atoms with Gasteiger partial charge in [-0.25, -0.2) is 0 Å². The molecule has 0 aromatic heterocycles. The van der Waals surface area contributed by atoms with Crippen LogP contribution in [0, 0.1) is 10.1 Å². The van der Waals surface area contributed by atoms with E-state index in [4.69, 9.17) is 21.1 Å². The zero-order chi connectivity index (χ0) is 17.5. The van der Waals surface area contributed by atoms with E-state index in [-0.39, 0.29) is 18.1 Å². The molecule has 128 valence electrons. The van der Waals surface area contributed by atoms with Crippen molar-refractivity contribution in [3.8, 4) is 17.2 Å². The van der Waals surface area contributed by atoms with Gasteiger partial charge in [0.2, 0.25) is 0 Å². The number of ether oxygens (including phenoxy) is 2. The van der Waals surface area contributed by atoms with Crippen molar-refractivity contribution >= 4 is 23.0 Å². The van der Waals surface area contributed by atoms with Crippen molar-refractivity contribution in [1.82, 2.24) is 0 Å². The Kier molecular flexibility index (Phi) is 6.22. The molecule has 0 saturated heterocycles. The highest BCUT2D eigenvalue weighted by Crippen LogP contribution is 2.30. The standard InChI is InChI=1S/C16H17ClN2O5/c1-23-14-2-4-15(5-3-14)24-16-7-11(18-10-13(20)9-17)6-12(8-16)19(21)22/h2-8,13,18,20H,9-10H2,1H3. The van der Waals surface area contributed by atoms with Gasteiger partial charge in [-0.15, -0.1) is 11.6 Å². The molecule has 1 unspecified atom stereocenters. The minimum atomic E-state index is -0.753. The fourth-order valence-corrected chi connectivity index (χ4v) is 2.03. The summed E-state index contributed by atoms with van der Waals surface area (Å²) in [5.41, 5.74) is 0.334. The normalized spacial score (nSPS) is 11.6. The van der Waals surface area contributed by atoms with Crippen LogP contribution in [0.2, 0.25) is 0 Å². The number of aliphatic hydroxyl groups excluding tert-OH is 1. The monoisotopic (exact) mass is 352 g/mol. The van der Waals surface area contributed by atoms with E-state index in [0.29, 0.717) is 22.9 Å². The van der Waals surface area contributed by atoms with Crippen molar-refractivity contribution in [2.45, 2.75) is 6.10 Å². The summed E-state index contributed by atoms with van der Waals surface area (Å²) in [4.78, 5) is 10.6. The van der Waals surface area contributed by atoms with Gasteiger partial charge in [-0.3, -0.25) is 10.1 Å². The Morgan fingerprint density at radius 1 is 1.21 bits per heavy atom. The highest BCUT2D eigenvalue weighted by atomic mass is 35.5. The third kappa shape index (κ3) is 5.00. The smallest absolute Gasteiger partial charge is 0.275 e. The number of nitrogens with zero attached hydrogens (tertiary/aromatic N) is 1. The van der Waals surface area contributed by atoms with E-state index < -0.39 is 11.0 Å². The Morgan fingerprint density at radius 2 is 1.88 bits per heavy atom. The lowest BCUT2D eigenvalue weighted by Gasteiger charge is -2.12. The predicted molar refractivity (Wildman–Crippen MR) is 91.4 cm³/mol. The molecule has 0 bridgehead atoms. The maximum Gasteiger partial charge on any atom is 0.275 e. The van der Waals surface area contributed by atoms with Crippen LogP contribution in [0.25, 0.3) is 0 Å². The molecule has 2 N–H and O–H groups in total. The van der Waals surface area contributed by atoms with Crippen molar-refractivity contribution in [1.29, 1.82) is 0 Å². The Labute approximate surface area is 143 Å². The molecular weight excluding hydrogens is 336 g/mol. The van der Waals surface area contributed by atoms with Gasteiger partial charge in [0.25, 0.3) is 5.69 Å². The van der Waals surface area contributed by atoms with Crippen LogP contribution in [0.5, 0.6) is 17.2 Å². The average Bonchev–Trinajstić information content (AvgIpc) is 2.60. The van der Waals surface area contributed by atoms with Crippen molar-refractivity contribution in [2.75, 3.05) is 24.9 Å². The molecule has 0 spiro atoms. The van der Waals surface area contributed by atoms with E-state index in [1.807, 2.05) is 0 Å². The number of hydrogen-bond donors (Lipinski definition) is 2. The number of anilines is 1. The van der Waals surface area contributed by atoms with Crippen LogP contribution < -0.4 is 14.8 Å². The number of aliphatic hydroxyl groups is 1. The van der Waals surface area contributed by atoms with Crippen LogP contribution in [0.1, 0.15) is 0 Å². The third-order valence-corrected chi connectivity index (χ3v) is 3.47. The molecular formula is C16H17ClN2O5. The highest BCUT2D eigenvalue weighted by Gasteiger charge is 2.12. The second kappa shape index (κ2) is 8.37. The molecule has 0 aliphatic carbocycles. The van der Waals surface area contributed by atoms with E-state index >= 15 is 0 Å². The molecule has 0 aliphatic rings. The molecule has 0 aliphatic heterocycles. The van der Waals surface area contributed by atoms with Crippen LogP contribution in [-0.2, 0) is 0 Å². The molecule has 8 heteroatoms. The molecule has 0 saturated carbocycles. The number of hydrogen-bond acceptors (Lipinski definition) is 6. The molecule has 1 atom stereocenters. The molecule has 7 nitrogen and oxygen atoms in total. The van der Waals surface area contributed by atoms with E-state index in [0.717, 1.165) is 0 Å². The molecule has 0 amide bonds. The summed E-state index contributed by atoms with van der Waals surface area (Å²) in [5.74, 6) is 1.57. The first-order valence-corrected chi connectivity index (χ1v) is 7.64. The summed E-state index contributed by atoms with van der Waals surface area (Å²) in [6, 6.07) is 11.1. The lowest BCUT2D eigenvalue weighted by molar-refractivity contribution is -0.384. The van der Waals surface area contributed by atoms with Gasteiger partial charge in [-0.1, -0.05) is 0 Å². The van der Waals surface area contributed by atoms with Crippen molar-refractivity contribution in [2.24, 2.45) is 0 Å². The van der Waals surface area contributed by atoms with Gasteiger partial charge < -0.3 is 19.9 Å². The van der Waals surface area contributed by atoms with Gasteiger partial charge in [0.05, 0.1) is 30.1 Å². The number of nitro groups is 1. The molecule has 24 heavy (non-hydrogen) atoms. The Hall–Kier alpha value is -2.51. The predicted octanol–water partition coefficient (Wildman–Crippen LogP) is 3.41. The van der Waals surface area contributed by atoms with Crippen LogP contribution >= 0.6 is 11.6 Å². The lowest BCUT2D eigenvalue weighted by atomic mass is 10.2. The van der Waals surface area contributed by atoms with Gasteiger partial charge in [-0.05, 0) is 24.3 Å². The second-order valence-electron chi connectivity index (χ2n) is 4.94. The van der Waals surface area contributed by atoms with Crippen molar-refractivity contribution < 1.29 is 19.5 Å². The number of benzene rings is 2. The number of nitro benzene ring substituents is 1. The molecule has 2 aromatic carbocycles. The van der Waals surface area contributed by atoms with Crippen LogP contribution in [0.15, 0.2) is 42.5 Å². The summed E-state index contributed by atoms with van der Waals surface area (Å²) in [6.07, 6.45) is -0.753. The highest BCUT2D eigenvalue weighted by molar-refractivity contribution is 6.18. The van der Waals surface area contributed by atoms with Gasteiger partial charge in [-0.2, -0.15) is 0 Å². The summed E-state index contributed by atoms with van der Waals surface area (Å²) < 4.78 is 10.7. The van der Waals surface area contributed by atoms with E-state index in [2.05, 4.69) is 5.32 Å². The van der Waals surface area contributed by atoms with Crippen LogP contribution in [0.3, 0.4) is 0 Å². The lowest BCUT2D eigenvalue weighted by Crippen LogP contribution is -2.20. The zero-order valence-electron chi connectivity index (χ0n) is 12.9. The number of methoxy groups -OCH3 is 1. The SMILES string of the molecule is COc1ccc(Oc2cc(NCC(O)CCl)cc([N+](=O)[O-])c2)cc1. The first-order valence-electron chi connectivity index (χ1n) is 7.11. The fraction of sp³-hybridized carbons (Fsp3) is 0.250. The number of non-ortho nitro benzene ring substituents is 1. The number of nitrogens with one attached hydrogen (secondary N) is 1. The maximum atomic E-state index is 11.1. The maximum absolute atomic E-state index is 11.1. The van der Waals surface area contributed by atoms with Crippen molar-refractivity contribution in [3.05, 3.63) is 52.6 Å². The number of rotatable bonds is 8. The van der Waals surface area contributed by atoms with E-state index in [9.17, 15) is 15.2 Å². The first kappa shape index (κ1) is 17.8. The summed E-state index contributed by atoms with van der Waals surface area (Å²) >= 11 is 5.53. The average molecular weight is 353 g/mol. The Bertz CT molecular complexity index is 693. The topological polar surface area (TPSA) is 93.9 Å². The number of halogens is 1. The Morgan fingerprint density at radius 3 is 2.46 bits per heavy atom. The van der Waals surface area contributed by atoms with Gasteiger partial charge in [0.15, 0.2) is 0 Å². The summed E-state index contributed by atoms with van der Waals surface area (Å²) in [5, 5.41) is 23.4. The minimum absolute atomic E-state index is 0.0666.